The Labute approximate surface area is 280 Å². The molecule has 1 aromatic heterocycles. The molecule has 0 saturated carbocycles. The first-order valence-electron chi connectivity index (χ1n) is 16.1. The summed E-state index contributed by atoms with van der Waals surface area (Å²) in [5.41, 5.74) is 5.14. The number of pyridine rings is 1. The first-order valence-corrected chi connectivity index (χ1v) is 16.1. The van der Waals surface area contributed by atoms with Crippen molar-refractivity contribution in [3.05, 3.63) is 76.1 Å². The number of nitrogens with zero attached hydrogens (tertiary/aromatic N) is 3. The van der Waals surface area contributed by atoms with Crippen molar-refractivity contribution in [2.45, 2.75) is 46.3 Å². The van der Waals surface area contributed by atoms with Gasteiger partial charge >= 0.3 is 0 Å². The molecule has 1 aliphatic heterocycles. The molecule has 3 aromatic rings. The lowest BCUT2D eigenvalue weighted by Crippen LogP contribution is -2.31. The van der Waals surface area contributed by atoms with Gasteiger partial charge in [0.15, 0.2) is 0 Å². The lowest BCUT2D eigenvalue weighted by molar-refractivity contribution is -0.123. The van der Waals surface area contributed by atoms with Crippen molar-refractivity contribution in [3.63, 3.8) is 0 Å². The van der Waals surface area contributed by atoms with E-state index in [0.29, 0.717) is 56.8 Å². The summed E-state index contributed by atoms with van der Waals surface area (Å²) in [4.78, 5) is 34.3. The maximum Gasteiger partial charge on any atom is 0.232 e. The molecule has 2 heterocycles. The van der Waals surface area contributed by atoms with Crippen molar-refractivity contribution in [2.75, 3.05) is 56.7 Å². The Bertz CT molecular complexity index is 1560. The third-order valence-corrected chi connectivity index (χ3v) is 8.48. The van der Waals surface area contributed by atoms with E-state index in [1.165, 1.54) is 0 Å². The number of aromatic hydroxyl groups is 2. The van der Waals surface area contributed by atoms with Crippen molar-refractivity contribution in [1.82, 2.24) is 14.8 Å². The van der Waals surface area contributed by atoms with Crippen LogP contribution in [0.3, 0.4) is 0 Å². The van der Waals surface area contributed by atoms with Crippen LogP contribution in [-0.4, -0.2) is 103 Å². The van der Waals surface area contributed by atoms with Gasteiger partial charge in [-0.05, 0) is 62.2 Å². The normalized spacial score (nSPS) is 14.6. The van der Waals surface area contributed by atoms with Crippen LogP contribution in [0.2, 0.25) is 0 Å². The predicted octanol–water partition coefficient (Wildman–Crippen LogP) is 1.64. The number of nitrogens with one attached hydrogen (secondary N) is 2. The largest absolute Gasteiger partial charge is 0.505 e. The minimum atomic E-state index is -1.00. The number of hydrogen-bond acceptors (Lipinski definition) is 11. The van der Waals surface area contributed by atoms with E-state index in [-0.39, 0.29) is 22.9 Å². The predicted molar refractivity (Wildman–Crippen MR) is 180 cm³/mol. The molecular weight excluding hydrogens is 618 g/mol. The van der Waals surface area contributed by atoms with Gasteiger partial charge in [0.25, 0.3) is 0 Å². The van der Waals surface area contributed by atoms with Gasteiger partial charge in [-0.3, -0.25) is 24.4 Å². The molecule has 0 atom stereocenters. The van der Waals surface area contributed by atoms with Crippen LogP contribution in [0, 0.1) is 25.7 Å². The standard InChI is InChI=1S/C35H47N5O8/c1-22-11-24(32(45)30(13-22)37-34(47)26(18-41)19-42)15-39-8-4-9-40(17-29-6-3-5-28(36-29)7-10-39)16-25-12-23(2)14-31(33(25)46)38-35(48)27(20-43)21-44/h3,5-6,11-14,26-27,41-46H,4,7-10,15-21H2,1-2H3,(H,37,47)(H,38,48). The summed E-state index contributed by atoms with van der Waals surface area (Å²) < 4.78 is 0. The molecule has 0 unspecified atom stereocenters. The van der Waals surface area contributed by atoms with Crippen molar-refractivity contribution < 1.29 is 40.2 Å². The highest BCUT2D eigenvalue weighted by molar-refractivity contribution is 5.95. The monoisotopic (exact) mass is 665 g/mol. The fourth-order valence-corrected chi connectivity index (χ4v) is 5.80. The van der Waals surface area contributed by atoms with E-state index in [1.807, 2.05) is 44.2 Å². The summed E-state index contributed by atoms with van der Waals surface area (Å²) in [5.74, 6) is -3.32. The SMILES string of the molecule is Cc1cc(CN2CCCN(Cc3cc(C)cc(NC(=O)C(CO)CO)c3O)Cc3cccc(n3)CC2)c(O)c(NC(=O)C(CO)CO)c1. The fourth-order valence-electron chi connectivity index (χ4n) is 5.80. The maximum atomic E-state index is 12.5. The Kier molecular flexibility index (Phi) is 13.3. The molecule has 48 heavy (non-hydrogen) atoms. The summed E-state index contributed by atoms with van der Waals surface area (Å²) >= 11 is 0. The van der Waals surface area contributed by atoms with Crippen molar-refractivity contribution in [1.29, 1.82) is 0 Å². The number of aromatic nitrogens is 1. The Balaban J connectivity index is 1.54. The second-order valence-corrected chi connectivity index (χ2v) is 12.5. The number of amides is 2. The number of phenolic OH excluding ortho intramolecular Hbond substituents is 2. The maximum absolute atomic E-state index is 12.5. The van der Waals surface area contributed by atoms with Gasteiger partial charge in [-0.1, -0.05) is 18.2 Å². The number of fused-ring (bicyclic) bond motifs is 2. The Morgan fingerprint density at radius 1 is 0.729 bits per heavy atom. The number of benzene rings is 2. The van der Waals surface area contributed by atoms with E-state index in [4.69, 9.17) is 4.98 Å². The topological polar surface area (TPSA) is 199 Å². The third-order valence-electron chi connectivity index (χ3n) is 8.48. The highest BCUT2D eigenvalue weighted by atomic mass is 16.3. The molecule has 2 amide bonds. The average molecular weight is 666 g/mol. The van der Waals surface area contributed by atoms with Crippen LogP contribution in [-0.2, 0) is 35.6 Å². The number of rotatable bonds is 12. The number of anilines is 2. The molecule has 0 spiro atoms. The number of carbonyl (C=O) groups excluding carboxylic acids is 2. The van der Waals surface area contributed by atoms with E-state index >= 15 is 0 Å². The Morgan fingerprint density at radius 3 is 1.73 bits per heavy atom. The molecule has 0 saturated heterocycles. The highest BCUT2D eigenvalue weighted by Gasteiger charge is 2.22. The summed E-state index contributed by atoms with van der Waals surface area (Å²) in [7, 11) is 0. The number of phenols is 2. The highest BCUT2D eigenvalue weighted by Crippen LogP contribution is 2.33. The molecule has 0 radical (unpaired) electrons. The van der Waals surface area contributed by atoms with Crippen LogP contribution < -0.4 is 10.6 Å². The van der Waals surface area contributed by atoms with Gasteiger partial charge in [0.1, 0.15) is 11.5 Å². The molecule has 4 rings (SSSR count). The van der Waals surface area contributed by atoms with Gasteiger partial charge in [0, 0.05) is 56.0 Å². The molecule has 0 aliphatic carbocycles. The summed E-state index contributed by atoms with van der Waals surface area (Å²) in [6, 6.07) is 13.0. The lowest BCUT2D eigenvalue weighted by atomic mass is 10.1. The van der Waals surface area contributed by atoms with Gasteiger partial charge in [0.05, 0.1) is 55.3 Å². The molecule has 13 heteroatoms. The summed E-state index contributed by atoms with van der Waals surface area (Å²) in [5, 5.41) is 65.2. The van der Waals surface area contributed by atoms with Crippen LogP contribution >= 0.6 is 0 Å². The van der Waals surface area contributed by atoms with Crippen LogP contribution in [0.1, 0.15) is 40.1 Å². The van der Waals surface area contributed by atoms with E-state index in [9.17, 15) is 40.2 Å². The molecular formula is C35H47N5O8. The first kappa shape index (κ1) is 36.7. The molecule has 1 aliphatic rings. The molecule has 0 fully saturated rings. The fraction of sp³-hybridized carbons (Fsp3) is 0.457. The quantitative estimate of drug-likeness (QED) is 0.131. The first-order chi connectivity index (χ1) is 23.0. The van der Waals surface area contributed by atoms with E-state index in [0.717, 1.165) is 28.9 Å². The van der Waals surface area contributed by atoms with E-state index in [2.05, 4.69) is 20.4 Å². The molecule has 8 N–H and O–H groups in total. The van der Waals surface area contributed by atoms with E-state index in [1.54, 1.807) is 12.1 Å². The van der Waals surface area contributed by atoms with Crippen molar-refractivity contribution >= 4 is 23.2 Å². The number of aliphatic hydroxyl groups excluding tert-OH is 4. The zero-order valence-corrected chi connectivity index (χ0v) is 27.5. The molecule has 260 valence electrons. The van der Waals surface area contributed by atoms with Crippen LogP contribution in [0.15, 0.2) is 42.5 Å². The van der Waals surface area contributed by atoms with Gasteiger partial charge in [0.2, 0.25) is 11.8 Å². The summed E-state index contributed by atoms with van der Waals surface area (Å²) in [6.45, 7) is 4.98. The van der Waals surface area contributed by atoms with Crippen LogP contribution in [0.5, 0.6) is 11.5 Å². The number of hydrogen-bond donors (Lipinski definition) is 8. The van der Waals surface area contributed by atoms with Gasteiger partial charge in [-0.25, -0.2) is 0 Å². The number of carbonyl (C=O) groups is 2. The van der Waals surface area contributed by atoms with Gasteiger partial charge in [-0.15, -0.1) is 0 Å². The zero-order chi connectivity index (χ0) is 34.8. The molecule has 2 bridgehead atoms. The molecule has 2 aromatic carbocycles. The van der Waals surface area contributed by atoms with Crippen LogP contribution in [0.25, 0.3) is 0 Å². The van der Waals surface area contributed by atoms with Crippen molar-refractivity contribution in [3.8, 4) is 11.5 Å². The minimum Gasteiger partial charge on any atom is -0.505 e. The van der Waals surface area contributed by atoms with Gasteiger partial charge in [-0.2, -0.15) is 0 Å². The minimum absolute atomic E-state index is 0.0678. The van der Waals surface area contributed by atoms with Gasteiger partial charge < -0.3 is 41.3 Å². The number of aryl methyl sites for hydroxylation is 2. The van der Waals surface area contributed by atoms with Crippen LogP contribution in [0.4, 0.5) is 11.4 Å². The smallest absolute Gasteiger partial charge is 0.232 e. The Morgan fingerprint density at radius 2 is 1.21 bits per heavy atom. The third kappa shape index (κ3) is 9.72. The molecule has 13 nitrogen and oxygen atoms in total. The van der Waals surface area contributed by atoms with Crippen molar-refractivity contribution in [2.24, 2.45) is 11.8 Å². The average Bonchev–Trinajstić information content (AvgIpc) is 3.07. The Hall–Kier alpha value is -4.11. The lowest BCUT2D eigenvalue weighted by Gasteiger charge is -2.26. The number of aliphatic hydroxyl groups is 4. The zero-order valence-electron chi connectivity index (χ0n) is 27.5. The second kappa shape index (κ2) is 17.3. The van der Waals surface area contributed by atoms with E-state index < -0.39 is 50.1 Å². The second-order valence-electron chi connectivity index (χ2n) is 12.5. The summed E-state index contributed by atoms with van der Waals surface area (Å²) in [6.07, 6.45) is 1.44.